The smallest absolute Gasteiger partial charge is 0.356 e. The van der Waals surface area contributed by atoms with Crippen LogP contribution in [0.25, 0.3) is 0 Å². The van der Waals surface area contributed by atoms with Crippen LogP contribution in [0.5, 0.6) is 0 Å². The maximum absolute atomic E-state index is 8.25. The first-order valence-corrected chi connectivity index (χ1v) is 3.29. The van der Waals surface area contributed by atoms with Gasteiger partial charge in [0.05, 0.1) is 30.5 Å². The summed E-state index contributed by atoms with van der Waals surface area (Å²) in [5.41, 5.74) is 0. The summed E-state index contributed by atoms with van der Waals surface area (Å²) in [5.74, 6) is 0. The molecule has 25 heavy (non-hydrogen) atoms. The standard InChI is InChI=1S/6NO3.W/c6*2-1(3)4;/q6*-1;+6. The van der Waals surface area contributed by atoms with E-state index in [1.807, 2.05) is 0 Å². The van der Waals surface area contributed by atoms with E-state index in [0.29, 0.717) is 0 Å². The minimum atomic E-state index is -1.75. The average molecular weight is 556 g/mol. The number of nitrogens with zero attached hydrogens (tertiary/aromatic N) is 6. The van der Waals surface area contributed by atoms with Crippen molar-refractivity contribution in [2.24, 2.45) is 0 Å². The second-order valence-corrected chi connectivity index (χ2v) is 1.34. The van der Waals surface area contributed by atoms with Gasteiger partial charge >= 0.3 is 21.1 Å². The summed E-state index contributed by atoms with van der Waals surface area (Å²) in [6.07, 6.45) is 0. The van der Waals surface area contributed by atoms with E-state index in [4.69, 9.17) is 91.9 Å². The van der Waals surface area contributed by atoms with E-state index in [1.54, 1.807) is 0 Å². The molecule has 144 valence electrons. The van der Waals surface area contributed by atoms with Crippen molar-refractivity contribution >= 4 is 0 Å². The van der Waals surface area contributed by atoms with E-state index in [0.717, 1.165) is 0 Å². The molecular weight excluding hydrogens is 556 g/mol. The Hall–Kier alpha value is -4.11. The largest absolute Gasteiger partial charge is 6.00 e. The van der Waals surface area contributed by atoms with Gasteiger partial charge in [-0.15, -0.1) is 0 Å². The number of rotatable bonds is 0. The van der Waals surface area contributed by atoms with Gasteiger partial charge < -0.3 is 91.9 Å². The summed E-state index contributed by atoms with van der Waals surface area (Å²) in [6.45, 7) is 0. The van der Waals surface area contributed by atoms with Crippen molar-refractivity contribution in [1.29, 1.82) is 0 Å². The van der Waals surface area contributed by atoms with Crippen molar-refractivity contribution in [2.75, 3.05) is 0 Å². The van der Waals surface area contributed by atoms with Crippen LogP contribution in [0.3, 0.4) is 0 Å². The van der Waals surface area contributed by atoms with Gasteiger partial charge in [-0.25, -0.2) is 0 Å². The molecule has 0 atom stereocenters. The van der Waals surface area contributed by atoms with E-state index in [9.17, 15) is 0 Å². The van der Waals surface area contributed by atoms with Gasteiger partial charge in [-0.1, -0.05) is 0 Å². The van der Waals surface area contributed by atoms with Crippen LogP contribution >= 0.6 is 0 Å². The zero-order chi connectivity index (χ0) is 21.5. The zero-order valence-corrected chi connectivity index (χ0v) is 13.4. The van der Waals surface area contributed by atoms with Crippen LogP contribution in [-0.2, 0) is 21.1 Å². The van der Waals surface area contributed by atoms with Crippen LogP contribution in [0.4, 0.5) is 0 Å². The summed E-state index contributed by atoms with van der Waals surface area (Å²) >= 11 is 0. The second-order valence-electron chi connectivity index (χ2n) is 1.34. The molecule has 0 bridgehead atoms. The fourth-order valence-corrected chi connectivity index (χ4v) is 0. The summed E-state index contributed by atoms with van der Waals surface area (Å²) in [4.78, 5) is 49.5. The first-order chi connectivity index (χ1) is 10.4. The van der Waals surface area contributed by atoms with Gasteiger partial charge in [0.25, 0.3) is 0 Å². The van der Waals surface area contributed by atoms with Crippen LogP contribution < -0.4 is 0 Å². The molecule has 0 aromatic rings. The molecule has 0 saturated heterocycles. The minimum Gasteiger partial charge on any atom is -0.356 e. The Morgan fingerprint density at radius 2 is 0.280 bits per heavy atom. The molecule has 0 aliphatic rings. The average Bonchev–Trinajstić information content (AvgIpc) is 2.08. The van der Waals surface area contributed by atoms with Crippen LogP contribution in [0.1, 0.15) is 0 Å². The van der Waals surface area contributed by atoms with Gasteiger partial charge in [-0.05, 0) is 0 Å². The maximum atomic E-state index is 8.25. The van der Waals surface area contributed by atoms with Crippen molar-refractivity contribution in [3.8, 4) is 0 Å². The molecule has 0 heterocycles. The minimum absolute atomic E-state index is 0. The quantitative estimate of drug-likeness (QED) is 0.243. The molecule has 0 spiro atoms. The van der Waals surface area contributed by atoms with Gasteiger partial charge in [0.1, 0.15) is 0 Å². The molecule has 0 N–H and O–H groups in total. The predicted octanol–water partition coefficient (Wildman–Crippen LogP) is -1.44. The van der Waals surface area contributed by atoms with Crippen molar-refractivity contribution in [3.05, 3.63) is 91.9 Å². The Balaban J connectivity index is -0.0000000309. The normalized spacial score (nSPS) is 5.76. The van der Waals surface area contributed by atoms with E-state index < -0.39 is 30.5 Å². The van der Waals surface area contributed by atoms with Gasteiger partial charge in [-0.2, -0.15) is 0 Å². The van der Waals surface area contributed by atoms with E-state index in [-0.39, 0.29) is 21.1 Å². The Kier molecular flexibility index (Phi) is 63.0. The number of hydrogen-bond donors (Lipinski definition) is 0. The first-order valence-electron chi connectivity index (χ1n) is 3.29. The molecule has 0 fully saturated rings. The molecule has 0 aromatic carbocycles. The molecule has 0 aliphatic heterocycles. The first kappa shape index (κ1) is 42.8. The fraction of sp³-hybridized carbons (Fsp3) is 0. The fourth-order valence-electron chi connectivity index (χ4n) is 0. The molecular formula is N6O18W. The monoisotopic (exact) mass is 556 g/mol. The van der Waals surface area contributed by atoms with Gasteiger partial charge in [-0.3, -0.25) is 0 Å². The zero-order valence-electron chi connectivity index (χ0n) is 10.4. The molecule has 0 saturated carbocycles. The molecule has 0 rings (SSSR count). The van der Waals surface area contributed by atoms with Crippen LogP contribution in [0.15, 0.2) is 0 Å². The Bertz CT molecular complexity index is 257. The molecule has 0 aromatic heterocycles. The molecule has 0 amide bonds. The number of hydrogen-bond acceptors (Lipinski definition) is 18. The summed E-state index contributed by atoms with van der Waals surface area (Å²) in [7, 11) is 0. The molecule has 25 heteroatoms. The van der Waals surface area contributed by atoms with Crippen molar-refractivity contribution in [2.45, 2.75) is 0 Å². The molecule has 0 aliphatic carbocycles. The van der Waals surface area contributed by atoms with Crippen molar-refractivity contribution < 1.29 is 51.6 Å². The maximum Gasteiger partial charge on any atom is 6.00 e. The third-order valence-electron chi connectivity index (χ3n) is 0. The third-order valence-corrected chi connectivity index (χ3v) is 0. The molecule has 0 radical (unpaired) electrons. The second kappa shape index (κ2) is 36.8. The Morgan fingerprint density at radius 1 is 0.280 bits per heavy atom. The predicted molar refractivity (Wildman–Crippen MR) is 62.2 cm³/mol. The van der Waals surface area contributed by atoms with Crippen LogP contribution in [-0.4, -0.2) is 30.5 Å². The third kappa shape index (κ3) is 376. The molecule has 24 nitrogen and oxygen atoms in total. The summed E-state index contributed by atoms with van der Waals surface area (Å²) in [5, 5.41) is 88.5. The van der Waals surface area contributed by atoms with E-state index >= 15 is 0 Å². The Labute approximate surface area is 144 Å². The van der Waals surface area contributed by atoms with E-state index in [1.165, 1.54) is 0 Å². The van der Waals surface area contributed by atoms with Gasteiger partial charge in [0, 0.05) is 0 Å². The summed E-state index contributed by atoms with van der Waals surface area (Å²) < 4.78 is 0. The Morgan fingerprint density at radius 3 is 0.280 bits per heavy atom. The topological polar surface area (TPSA) is 397 Å². The van der Waals surface area contributed by atoms with Gasteiger partial charge in [0.15, 0.2) is 0 Å². The van der Waals surface area contributed by atoms with Crippen molar-refractivity contribution in [1.82, 2.24) is 0 Å². The van der Waals surface area contributed by atoms with Crippen LogP contribution in [0.2, 0.25) is 0 Å². The summed E-state index contributed by atoms with van der Waals surface area (Å²) in [6, 6.07) is 0. The van der Waals surface area contributed by atoms with Crippen LogP contribution in [0, 0.1) is 91.9 Å². The SMILES string of the molecule is O=[N+]([O-])[O-].O=[N+]([O-])[O-].O=[N+]([O-])[O-].O=[N+]([O-])[O-].O=[N+]([O-])[O-].O=[N+]([O-])[O-].[W+6]. The van der Waals surface area contributed by atoms with Crippen molar-refractivity contribution in [3.63, 3.8) is 0 Å². The van der Waals surface area contributed by atoms with E-state index in [2.05, 4.69) is 0 Å². The van der Waals surface area contributed by atoms with Gasteiger partial charge in [0.2, 0.25) is 0 Å². The molecule has 0 unspecified atom stereocenters.